The first-order chi connectivity index (χ1) is 42.5. The van der Waals surface area contributed by atoms with Gasteiger partial charge in [-0.15, -0.1) is 0 Å². The number of hydrogen-bond acceptors (Lipinski definition) is 19. The molecular formula is C57H72N12O19S. The quantitative estimate of drug-likeness (QED) is 0.0345. The Balaban J connectivity index is 1.07. The monoisotopic (exact) mass is 1260 g/mol. The molecular weight excluding hydrogens is 1190 g/mol. The van der Waals surface area contributed by atoms with Crippen molar-refractivity contribution in [2.24, 2.45) is 17.6 Å². The Morgan fingerprint density at radius 1 is 0.843 bits per heavy atom. The Hall–Kier alpha value is -8.69. The molecule has 31 nitrogen and oxygen atoms in total. The van der Waals surface area contributed by atoms with Crippen LogP contribution in [0, 0.1) is 11.8 Å². The summed E-state index contributed by atoms with van der Waals surface area (Å²) in [6.45, 7) is 3.13. The van der Waals surface area contributed by atoms with Gasteiger partial charge in [0.25, 0.3) is 11.8 Å². The number of carbonyl (C=O) groups excluding carboxylic acids is 12. The van der Waals surface area contributed by atoms with E-state index in [1.807, 2.05) is 0 Å². The number of phenols is 1. The molecule has 5 aliphatic rings. The molecule has 2 aromatic carbocycles. The fourth-order valence-corrected chi connectivity index (χ4v) is 12.1. The van der Waals surface area contributed by atoms with Crippen LogP contribution in [0.3, 0.4) is 0 Å². The summed E-state index contributed by atoms with van der Waals surface area (Å²) in [4.78, 5) is 168. The number of primary amides is 1. The van der Waals surface area contributed by atoms with E-state index in [2.05, 4.69) is 47.5 Å². The highest BCUT2D eigenvalue weighted by Crippen LogP contribution is 2.34. The fraction of sp³-hybridized carbons (Fsp3) is 0.509. The van der Waals surface area contributed by atoms with Gasteiger partial charge in [-0.3, -0.25) is 62.4 Å². The van der Waals surface area contributed by atoms with Crippen LogP contribution >= 0.6 is 0 Å². The van der Waals surface area contributed by atoms with Crippen LogP contribution in [0.4, 0.5) is 0 Å². The van der Waals surface area contributed by atoms with Gasteiger partial charge >= 0.3 is 0 Å². The van der Waals surface area contributed by atoms with E-state index in [9.17, 15) is 67.5 Å². The van der Waals surface area contributed by atoms with Crippen molar-refractivity contribution < 1.29 is 91.2 Å². The van der Waals surface area contributed by atoms with Gasteiger partial charge in [-0.05, 0) is 30.2 Å². The zero-order chi connectivity index (χ0) is 64.2. The van der Waals surface area contributed by atoms with Gasteiger partial charge in [0.2, 0.25) is 64.1 Å². The first kappa shape index (κ1) is 66.3. The maximum Gasteiger partial charge on any atom is 0.253 e. The summed E-state index contributed by atoms with van der Waals surface area (Å²) >= 11 is -2.42. The van der Waals surface area contributed by atoms with Crippen LogP contribution in [0.1, 0.15) is 63.9 Å². The van der Waals surface area contributed by atoms with Crippen LogP contribution in [-0.2, 0) is 89.3 Å². The summed E-state index contributed by atoms with van der Waals surface area (Å²) in [5, 5.41) is 42.1. The Bertz CT molecular complexity index is 3240. The molecule has 0 aliphatic carbocycles. The number of ether oxygens (including phenoxy) is 4. The second-order valence-electron chi connectivity index (χ2n) is 22.0. The number of nitrogens with zero attached hydrogens (tertiary/aromatic N) is 2. The van der Waals surface area contributed by atoms with E-state index in [0.717, 1.165) is 22.0 Å². The molecule has 8 rings (SSSR count). The number of amides is 12. The molecule has 2 fully saturated rings. The minimum Gasteiger partial charge on any atom is -0.610 e. The predicted octanol–water partition coefficient (Wildman–Crippen LogP) is -4.33. The molecule has 2 bridgehead atoms. The maximum atomic E-state index is 15.3. The molecule has 480 valence electrons. The zero-order valence-electron chi connectivity index (χ0n) is 48.9. The molecule has 12 atom stereocenters. The van der Waals surface area contributed by atoms with Gasteiger partial charge in [0.05, 0.1) is 57.1 Å². The number of aromatic nitrogens is 1. The van der Waals surface area contributed by atoms with Gasteiger partial charge in [0.1, 0.15) is 54.1 Å². The minimum absolute atomic E-state index is 0.0567. The number of aromatic amines is 1. The highest BCUT2D eigenvalue weighted by Gasteiger charge is 2.47. The van der Waals surface area contributed by atoms with Gasteiger partial charge in [0.15, 0.2) is 12.3 Å². The summed E-state index contributed by atoms with van der Waals surface area (Å²) < 4.78 is 38.9. The van der Waals surface area contributed by atoms with Crippen LogP contribution in [0.2, 0.25) is 0 Å². The third kappa shape index (κ3) is 16.9. The molecule has 1 aromatic heterocycles. The number of benzene rings is 2. The lowest BCUT2D eigenvalue weighted by Crippen LogP contribution is -2.62. The molecule has 2 saturated heterocycles. The van der Waals surface area contributed by atoms with E-state index in [1.54, 1.807) is 45.0 Å². The lowest BCUT2D eigenvalue weighted by molar-refractivity contribution is -0.144. The van der Waals surface area contributed by atoms with Crippen molar-refractivity contribution in [3.8, 4) is 11.5 Å². The standard InChI is InChI=1S/C57H72N12O19S/c1-4-28(2)48-53(81)61-23-44(74)62-39-27-89(84)55-35(34-9-8-31(70)19-36(34)65-55)21-37(50(78)60-24-45(75)66-48)63-54(82)49(67-52(80)40-20-32(71)25-69(40)56(83)38(22-42(58)72)64-51(39)79)29(3)41-26-87-57(88-41)30-6-5-7-33(18-30)86-17-16-85-15-13-59-43(73)12-14-68-46(76)10-11-47(68)77/h5-11,18-19,28-29,32,37-41,48-49,57,65,70-71H,4,12-17,20-27H2,1-3H3,(H2,58,72)(H,59,73)(H,60,78)(H,61,81)(H,62,74)(H,63,82)(H,64,79)(H,66,75)(H,67,80)/t28-,29-,32?,37?,38?,39?,40?,41-,48-,49-,57?,89+/m0/s1. The van der Waals surface area contributed by atoms with Crippen molar-refractivity contribution in [1.29, 1.82) is 0 Å². The predicted molar refractivity (Wildman–Crippen MR) is 309 cm³/mol. The third-order valence-electron chi connectivity index (χ3n) is 15.7. The fourth-order valence-electron chi connectivity index (χ4n) is 10.7. The van der Waals surface area contributed by atoms with Crippen molar-refractivity contribution in [2.45, 2.75) is 113 Å². The van der Waals surface area contributed by atoms with Crippen molar-refractivity contribution in [3.63, 3.8) is 0 Å². The molecule has 6 unspecified atom stereocenters. The van der Waals surface area contributed by atoms with E-state index in [0.29, 0.717) is 17.7 Å². The van der Waals surface area contributed by atoms with Crippen LogP contribution in [0.5, 0.6) is 11.5 Å². The number of hydrogen-bond donors (Lipinski definition) is 12. The molecule has 5 aliphatic heterocycles. The SMILES string of the molecule is CC[C@H](C)[C@@H]1NC(=O)CNC(=O)C2Cc3c([nH]c4cc(O)ccc34)[S@+]([O-])CC(NC(=O)CNC1=O)C(=O)NC(CC(N)=O)C(=O)N1CC(O)CC1C(=O)N[C@@H]([C@@H](C)[C@@H]1COC(c3cccc(OCCOCCNC(=O)CCN4C(=O)C=CC4=O)c3)O1)C(=O)N2. The number of aliphatic hydroxyl groups is 1. The summed E-state index contributed by atoms with van der Waals surface area (Å²) in [7, 11) is 0. The van der Waals surface area contributed by atoms with Gasteiger partial charge in [-0.1, -0.05) is 39.3 Å². The molecule has 6 heterocycles. The molecule has 0 spiro atoms. The summed E-state index contributed by atoms with van der Waals surface area (Å²) in [6, 6.07) is 0.725. The number of fused-ring (bicyclic) bond motifs is 5. The number of rotatable bonds is 17. The van der Waals surface area contributed by atoms with E-state index in [1.165, 1.54) is 18.2 Å². The lowest BCUT2D eigenvalue weighted by Gasteiger charge is -2.33. The second kappa shape index (κ2) is 30.0. The van der Waals surface area contributed by atoms with Crippen LogP contribution in [0.15, 0.2) is 59.6 Å². The normalized spacial score (nSPS) is 26.7. The highest BCUT2D eigenvalue weighted by molar-refractivity contribution is 7.91. The minimum atomic E-state index is -2.42. The number of nitrogens with two attached hydrogens (primary N) is 1. The van der Waals surface area contributed by atoms with E-state index < -0.39 is 187 Å². The largest absolute Gasteiger partial charge is 0.610 e. The number of carbonyl (C=O) groups is 12. The van der Waals surface area contributed by atoms with Crippen molar-refractivity contribution in [3.05, 3.63) is 65.7 Å². The molecule has 0 saturated carbocycles. The summed E-state index contributed by atoms with van der Waals surface area (Å²) in [6.07, 6.45) is -2.71. The number of aliphatic hydroxyl groups excluding tert-OH is 1. The Morgan fingerprint density at radius 3 is 2.30 bits per heavy atom. The van der Waals surface area contributed by atoms with Crippen LogP contribution in [0.25, 0.3) is 10.9 Å². The topological polar surface area (TPSA) is 450 Å². The van der Waals surface area contributed by atoms with Crippen molar-refractivity contribution in [2.75, 3.05) is 64.9 Å². The van der Waals surface area contributed by atoms with Crippen LogP contribution < -0.4 is 53.0 Å². The number of phenolic OH excluding ortho intramolecular Hbond substituents is 1. The lowest BCUT2D eigenvalue weighted by atomic mass is 9.93. The number of H-pyrrole nitrogens is 1. The summed E-state index contributed by atoms with van der Waals surface area (Å²) in [5.41, 5.74) is 6.34. The third-order valence-corrected chi connectivity index (χ3v) is 17.1. The van der Waals surface area contributed by atoms with Gasteiger partial charge in [-0.2, -0.15) is 0 Å². The highest BCUT2D eigenvalue weighted by atomic mass is 32.2. The van der Waals surface area contributed by atoms with E-state index >= 15 is 4.79 Å². The number of imide groups is 1. The molecule has 12 amide bonds. The maximum absolute atomic E-state index is 15.3. The zero-order valence-corrected chi connectivity index (χ0v) is 49.7. The average molecular weight is 1260 g/mol. The van der Waals surface area contributed by atoms with Crippen molar-refractivity contribution in [1.82, 2.24) is 57.3 Å². The summed E-state index contributed by atoms with van der Waals surface area (Å²) in [5.74, 6) is -12.7. The molecule has 89 heavy (non-hydrogen) atoms. The molecule has 3 aromatic rings. The Labute approximate surface area is 512 Å². The molecule has 13 N–H and O–H groups in total. The van der Waals surface area contributed by atoms with E-state index in [4.69, 9.17) is 24.7 Å². The Kier molecular flexibility index (Phi) is 22.3. The molecule has 0 radical (unpaired) electrons. The van der Waals surface area contributed by atoms with Crippen LogP contribution in [-0.4, -0.2) is 214 Å². The number of nitrogens with one attached hydrogen (secondary N) is 9. The Morgan fingerprint density at radius 2 is 1.57 bits per heavy atom. The molecule has 32 heteroatoms. The first-order valence-corrected chi connectivity index (χ1v) is 30.2. The van der Waals surface area contributed by atoms with E-state index in [-0.39, 0.29) is 79.1 Å². The second-order valence-corrected chi connectivity index (χ2v) is 23.5. The van der Waals surface area contributed by atoms with Crippen molar-refractivity contribution >= 4 is 93.0 Å². The van der Waals surface area contributed by atoms with Gasteiger partial charge < -0.3 is 91.9 Å². The smallest absolute Gasteiger partial charge is 0.253 e. The average Bonchev–Trinajstić information content (AvgIpc) is 2.88. The van der Waals surface area contributed by atoms with Gasteiger partial charge in [0, 0.05) is 90.7 Å². The first-order valence-electron chi connectivity index (χ1n) is 28.9. The number of aromatic hydroxyl groups is 1. The van der Waals surface area contributed by atoms with Gasteiger partial charge in [-0.25, -0.2) is 0 Å².